The Kier molecular flexibility index (Phi) is 4.79. The second-order valence-electron chi connectivity index (χ2n) is 6.93. The van der Waals surface area contributed by atoms with Crippen LogP contribution in [0, 0.1) is 6.92 Å². The molecule has 25 heavy (non-hydrogen) atoms. The molecule has 132 valence electrons. The van der Waals surface area contributed by atoms with Gasteiger partial charge in [-0.1, -0.05) is 11.2 Å². The Morgan fingerprint density at radius 1 is 1.32 bits per heavy atom. The van der Waals surface area contributed by atoms with Crippen LogP contribution in [-0.4, -0.2) is 39.8 Å². The fraction of sp³-hybridized carbons (Fsp3) is 0.526. The van der Waals surface area contributed by atoms with E-state index in [1.165, 1.54) is 35.3 Å². The summed E-state index contributed by atoms with van der Waals surface area (Å²) < 4.78 is 5.30. The molecular weight excluding hydrogens is 334 g/mol. The summed E-state index contributed by atoms with van der Waals surface area (Å²) >= 11 is 1.65. The number of aryl methyl sites for hydroxylation is 3. The number of piperidine rings is 1. The Bertz CT molecular complexity index is 774. The Balaban J connectivity index is 1.34. The molecule has 1 aromatic heterocycles. The molecule has 2 heterocycles. The minimum atomic E-state index is 0.170. The number of carbonyl (C=O) groups is 1. The molecule has 1 atom stereocenters. The molecule has 4 rings (SSSR count). The molecule has 6 heteroatoms. The van der Waals surface area contributed by atoms with Gasteiger partial charge in [0.1, 0.15) is 0 Å². The van der Waals surface area contributed by atoms with Crippen LogP contribution in [0.15, 0.2) is 27.6 Å². The molecule has 0 spiro atoms. The average Bonchev–Trinajstić information content (AvgIpc) is 3.28. The normalized spacial score (nSPS) is 19.9. The predicted molar refractivity (Wildman–Crippen MR) is 96.8 cm³/mol. The molecule has 1 saturated heterocycles. The van der Waals surface area contributed by atoms with Crippen molar-refractivity contribution >= 4 is 17.7 Å². The largest absolute Gasteiger partial charge is 0.341 e. The smallest absolute Gasteiger partial charge is 0.232 e. The van der Waals surface area contributed by atoms with Gasteiger partial charge in [-0.25, -0.2) is 0 Å². The first kappa shape index (κ1) is 16.6. The third-order valence-corrected chi connectivity index (χ3v) is 6.08. The van der Waals surface area contributed by atoms with E-state index >= 15 is 0 Å². The molecule has 0 bridgehead atoms. The van der Waals surface area contributed by atoms with Crippen LogP contribution in [0.3, 0.4) is 0 Å². The SMILES string of the molecule is Cc1noc([C@H]2CCCN(C(=O)CSc3ccc4c(c3)CCC4)C2)n1. The topological polar surface area (TPSA) is 59.2 Å². The van der Waals surface area contributed by atoms with Crippen LogP contribution in [0.25, 0.3) is 0 Å². The summed E-state index contributed by atoms with van der Waals surface area (Å²) in [6.45, 7) is 3.34. The highest BCUT2D eigenvalue weighted by atomic mass is 32.2. The van der Waals surface area contributed by atoms with E-state index in [9.17, 15) is 4.79 Å². The molecule has 0 N–H and O–H groups in total. The number of carbonyl (C=O) groups excluding carboxylic acids is 1. The number of benzene rings is 1. The number of amides is 1. The first-order valence-electron chi connectivity index (χ1n) is 9.01. The predicted octanol–water partition coefficient (Wildman–Crippen LogP) is 3.37. The molecule has 2 aromatic rings. The zero-order valence-electron chi connectivity index (χ0n) is 14.5. The third-order valence-electron chi connectivity index (χ3n) is 5.10. The van der Waals surface area contributed by atoms with Gasteiger partial charge < -0.3 is 9.42 Å². The lowest BCUT2D eigenvalue weighted by molar-refractivity contribution is -0.129. The monoisotopic (exact) mass is 357 g/mol. The number of nitrogens with zero attached hydrogens (tertiary/aromatic N) is 3. The summed E-state index contributed by atoms with van der Waals surface area (Å²) in [7, 11) is 0. The van der Waals surface area contributed by atoms with E-state index in [2.05, 4.69) is 28.3 Å². The van der Waals surface area contributed by atoms with E-state index in [0.29, 0.717) is 24.0 Å². The van der Waals surface area contributed by atoms with E-state index < -0.39 is 0 Å². The summed E-state index contributed by atoms with van der Waals surface area (Å²) in [6, 6.07) is 6.65. The van der Waals surface area contributed by atoms with Crippen LogP contribution in [0.2, 0.25) is 0 Å². The van der Waals surface area contributed by atoms with Crippen LogP contribution in [-0.2, 0) is 17.6 Å². The zero-order chi connectivity index (χ0) is 17.2. The molecule has 1 aliphatic heterocycles. The van der Waals surface area contributed by atoms with Gasteiger partial charge in [0.15, 0.2) is 5.82 Å². The maximum Gasteiger partial charge on any atom is 0.232 e. The minimum Gasteiger partial charge on any atom is -0.341 e. The van der Waals surface area contributed by atoms with Gasteiger partial charge in [0.05, 0.1) is 11.7 Å². The average molecular weight is 357 g/mol. The van der Waals surface area contributed by atoms with Crippen LogP contribution in [0.5, 0.6) is 0 Å². The minimum absolute atomic E-state index is 0.170. The van der Waals surface area contributed by atoms with E-state index in [1.54, 1.807) is 11.8 Å². The van der Waals surface area contributed by atoms with E-state index in [1.807, 2.05) is 11.8 Å². The van der Waals surface area contributed by atoms with E-state index in [4.69, 9.17) is 4.52 Å². The molecule has 0 saturated carbocycles. The molecule has 1 aromatic carbocycles. The lowest BCUT2D eigenvalue weighted by Gasteiger charge is -2.31. The number of hydrogen-bond donors (Lipinski definition) is 0. The molecule has 1 aliphatic carbocycles. The number of likely N-dealkylation sites (tertiary alicyclic amines) is 1. The van der Waals surface area contributed by atoms with E-state index in [-0.39, 0.29) is 11.8 Å². The summed E-state index contributed by atoms with van der Waals surface area (Å²) in [5, 5.41) is 3.87. The number of thioether (sulfide) groups is 1. The van der Waals surface area contributed by atoms with Crippen molar-refractivity contribution in [2.75, 3.05) is 18.8 Å². The molecular formula is C19H23N3O2S. The number of rotatable bonds is 4. The van der Waals surface area contributed by atoms with Crippen molar-refractivity contribution in [1.29, 1.82) is 0 Å². The van der Waals surface area contributed by atoms with Crippen molar-refractivity contribution in [3.8, 4) is 0 Å². The van der Waals surface area contributed by atoms with Gasteiger partial charge in [-0.15, -0.1) is 11.8 Å². The number of fused-ring (bicyclic) bond motifs is 1. The Morgan fingerprint density at radius 2 is 2.20 bits per heavy atom. The van der Waals surface area contributed by atoms with Crippen LogP contribution < -0.4 is 0 Å². The van der Waals surface area contributed by atoms with Crippen LogP contribution >= 0.6 is 11.8 Å². The Hall–Kier alpha value is -1.82. The standard InChI is InChI=1S/C19H23N3O2S/c1-13-20-19(24-21-13)16-6-3-9-22(11-16)18(23)12-25-17-8-7-14-4-2-5-15(14)10-17/h7-8,10,16H,2-6,9,11-12H2,1H3/t16-/m0/s1. The summed E-state index contributed by atoms with van der Waals surface area (Å²) in [6.07, 6.45) is 5.62. The third kappa shape index (κ3) is 3.73. The lowest BCUT2D eigenvalue weighted by atomic mass is 9.98. The van der Waals surface area contributed by atoms with Gasteiger partial charge in [0.2, 0.25) is 11.8 Å². The molecule has 0 unspecified atom stereocenters. The first-order chi connectivity index (χ1) is 12.2. The van der Waals surface area contributed by atoms with Crippen molar-refractivity contribution in [1.82, 2.24) is 15.0 Å². The van der Waals surface area contributed by atoms with Crippen molar-refractivity contribution in [3.05, 3.63) is 41.0 Å². The fourth-order valence-corrected chi connectivity index (χ4v) is 4.62. The Labute approximate surface area is 152 Å². The summed E-state index contributed by atoms with van der Waals surface area (Å²) in [4.78, 5) is 20.1. The van der Waals surface area contributed by atoms with Gasteiger partial charge in [0, 0.05) is 18.0 Å². The van der Waals surface area contributed by atoms with Crippen LogP contribution in [0.4, 0.5) is 0 Å². The zero-order valence-corrected chi connectivity index (χ0v) is 15.3. The molecule has 0 radical (unpaired) electrons. The first-order valence-corrected chi connectivity index (χ1v) is 10.00. The number of aromatic nitrogens is 2. The maximum atomic E-state index is 12.6. The van der Waals surface area contributed by atoms with Gasteiger partial charge >= 0.3 is 0 Å². The van der Waals surface area contributed by atoms with Gasteiger partial charge in [-0.2, -0.15) is 4.98 Å². The van der Waals surface area contributed by atoms with Crippen molar-refractivity contribution in [3.63, 3.8) is 0 Å². The number of hydrogen-bond acceptors (Lipinski definition) is 5. The van der Waals surface area contributed by atoms with Gasteiger partial charge in [-0.05, 0) is 62.3 Å². The second-order valence-corrected chi connectivity index (χ2v) is 7.98. The Morgan fingerprint density at radius 3 is 3.04 bits per heavy atom. The van der Waals surface area contributed by atoms with Crippen molar-refractivity contribution < 1.29 is 9.32 Å². The van der Waals surface area contributed by atoms with Crippen molar-refractivity contribution in [2.45, 2.75) is 49.8 Å². The highest BCUT2D eigenvalue weighted by Gasteiger charge is 2.28. The van der Waals surface area contributed by atoms with Crippen LogP contribution in [0.1, 0.15) is 48.0 Å². The molecule has 2 aliphatic rings. The molecule has 1 fully saturated rings. The molecule has 1 amide bonds. The summed E-state index contributed by atoms with van der Waals surface area (Å²) in [5.41, 5.74) is 2.94. The highest BCUT2D eigenvalue weighted by molar-refractivity contribution is 8.00. The van der Waals surface area contributed by atoms with Crippen molar-refractivity contribution in [2.24, 2.45) is 0 Å². The second kappa shape index (κ2) is 7.20. The lowest BCUT2D eigenvalue weighted by Crippen LogP contribution is -2.40. The summed E-state index contributed by atoms with van der Waals surface area (Å²) in [5.74, 6) is 2.19. The maximum absolute atomic E-state index is 12.6. The highest BCUT2D eigenvalue weighted by Crippen LogP contribution is 2.29. The molecule has 5 nitrogen and oxygen atoms in total. The van der Waals surface area contributed by atoms with Gasteiger partial charge in [-0.3, -0.25) is 4.79 Å². The quantitative estimate of drug-likeness (QED) is 0.785. The fourth-order valence-electron chi connectivity index (χ4n) is 3.76. The van der Waals surface area contributed by atoms with E-state index in [0.717, 1.165) is 19.4 Å². The van der Waals surface area contributed by atoms with Gasteiger partial charge in [0.25, 0.3) is 0 Å².